The van der Waals surface area contributed by atoms with Gasteiger partial charge in [0.05, 0.1) is 6.42 Å². The molecular formula is C9H12O2S2. The van der Waals surface area contributed by atoms with Gasteiger partial charge < -0.3 is 0 Å². The zero-order chi connectivity index (χ0) is 9.68. The smallest absolute Gasteiger partial charge is 0.164 e. The second-order valence-electron chi connectivity index (χ2n) is 2.86. The molecule has 0 aliphatic carbocycles. The Bertz CT molecular complexity index is 238. The van der Waals surface area contributed by atoms with E-state index in [1.54, 1.807) is 29.6 Å². The first-order valence-electron chi connectivity index (χ1n) is 4.18. The predicted octanol–water partition coefficient (Wildman–Crippen LogP) is 2.25. The molecule has 4 heteroatoms. The van der Waals surface area contributed by atoms with Gasteiger partial charge >= 0.3 is 0 Å². The number of rotatable bonds is 3. The van der Waals surface area contributed by atoms with Crippen molar-refractivity contribution < 1.29 is 9.59 Å². The molecule has 0 atom stereocenters. The van der Waals surface area contributed by atoms with E-state index in [2.05, 4.69) is 0 Å². The van der Waals surface area contributed by atoms with E-state index >= 15 is 0 Å². The summed E-state index contributed by atoms with van der Waals surface area (Å²) >= 11 is 3.42. The van der Waals surface area contributed by atoms with Crippen LogP contribution >= 0.6 is 23.5 Å². The maximum absolute atomic E-state index is 11.2. The van der Waals surface area contributed by atoms with Gasteiger partial charge in [0.1, 0.15) is 5.78 Å². The highest BCUT2D eigenvalue weighted by Crippen LogP contribution is 2.34. The maximum Gasteiger partial charge on any atom is 0.164 e. The van der Waals surface area contributed by atoms with Crippen molar-refractivity contribution in [3.05, 3.63) is 10.3 Å². The molecule has 1 heterocycles. The van der Waals surface area contributed by atoms with Crippen molar-refractivity contribution in [1.82, 2.24) is 0 Å². The van der Waals surface area contributed by atoms with Crippen molar-refractivity contribution in [3.63, 3.8) is 0 Å². The molecule has 1 fully saturated rings. The zero-order valence-corrected chi connectivity index (χ0v) is 9.17. The van der Waals surface area contributed by atoms with Crippen molar-refractivity contribution >= 4 is 35.1 Å². The van der Waals surface area contributed by atoms with Crippen LogP contribution in [0, 0.1) is 0 Å². The summed E-state index contributed by atoms with van der Waals surface area (Å²) in [7, 11) is 0. The molecule has 1 rings (SSSR count). The van der Waals surface area contributed by atoms with Crippen LogP contribution in [0.1, 0.15) is 19.8 Å². The van der Waals surface area contributed by atoms with E-state index in [0.29, 0.717) is 0 Å². The summed E-state index contributed by atoms with van der Waals surface area (Å²) in [6.45, 7) is 1.44. The van der Waals surface area contributed by atoms with E-state index in [4.69, 9.17) is 0 Å². The maximum atomic E-state index is 11.2. The summed E-state index contributed by atoms with van der Waals surface area (Å²) < 4.78 is 1.07. The number of thioether (sulfide) groups is 2. The van der Waals surface area contributed by atoms with E-state index < -0.39 is 0 Å². The molecule has 72 valence electrons. The Labute approximate surface area is 86.5 Å². The molecule has 0 aromatic heterocycles. The lowest BCUT2D eigenvalue weighted by atomic mass is 10.2. The fraction of sp³-hybridized carbons (Fsp3) is 0.556. The van der Waals surface area contributed by atoms with Crippen LogP contribution in [0.15, 0.2) is 10.3 Å². The first-order valence-corrected chi connectivity index (χ1v) is 6.15. The number of Topliss-reactive ketones (excluding diaryl/α,β-unsaturated/α-hetero) is 1. The molecule has 0 unspecified atom stereocenters. The molecule has 0 spiro atoms. The summed E-state index contributed by atoms with van der Waals surface area (Å²) in [5.41, 5.74) is 0. The van der Waals surface area contributed by atoms with Crippen LogP contribution in [0.3, 0.4) is 0 Å². The van der Waals surface area contributed by atoms with Gasteiger partial charge in [-0.05, 0) is 24.9 Å². The quantitative estimate of drug-likeness (QED) is 0.535. The largest absolute Gasteiger partial charge is 0.300 e. The van der Waals surface area contributed by atoms with Crippen molar-refractivity contribution in [2.75, 3.05) is 11.5 Å². The van der Waals surface area contributed by atoms with Gasteiger partial charge in [0.25, 0.3) is 0 Å². The first-order chi connectivity index (χ1) is 6.18. The predicted molar refractivity (Wildman–Crippen MR) is 57.9 cm³/mol. The van der Waals surface area contributed by atoms with Crippen LogP contribution in [0.2, 0.25) is 0 Å². The second kappa shape index (κ2) is 5.50. The Morgan fingerprint density at radius 3 is 2.54 bits per heavy atom. The molecular weight excluding hydrogens is 204 g/mol. The molecule has 0 N–H and O–H groups in total. The Kier molecular flexibility index (Phi) is 4.59. The summed E-state index contributed by atoms with van der Waals surface area (Å²) in [5, 5.41) is 0. The summed E-state index contributed by atoms with van der Waals surface area (Å²) in [4.78, 5) is 21.8. The molecule has 0 radical (unpaired) electrons. The highest BCUT2D eigenvalue weighted by Gasteiger charge is 2.09. The minimum absolute atomic E-state index is 0.0462. The third-order valence-corrected chi connectivity index (χ3v) is 3.98. The Morgan fingerprint density at radius 2 is 2.00 bits per heavy atom. The normalized spacial score (nSPS) is 16.8. The van der Waals surface area contributed by atoms with Crippen LogP contribution in [0.4, 0.5) is 0 Å². The first kappa shape index (κ1) is 10.9. The molecule has 13 heavy (non-hydrogen) atoms. The van der Waals surface area contributed by atoms with Gasteiger partial charge in [-0.1, -0.05) is 0 Å². The van der Waals surface area contributed by atoms with Crippen molar-refractivity contribution in [2.24, 2.45) is 0 Å². The molecule has 0 bridgehead atoms. The number of allylic oxidation sites excluding steroid dienone is 1. The lowest BCUT2D eigenvalue weighted by molar-refractivity contribution is -0.123. The average Bonchev–Trinajstić information content (AvgIpc) is 2.04. The van der Waals surface area contributed by atoms with Gasteiger partial charge in [0, 0.05) is 10.3 Å². The van der Waals surface area contributed by atoms with E-state index in [-0.39, 0.29) is 18.0 Å². The topological polar surface area (TPSA) is 34.1 Å². The molecule has 1 aliphatic rings. The van der Waals surface area contributed by atoms with Crippen LogP contribution in [0.5, 0.6) is 0 Å². The average molecular weight is 216 g/mol. The number of carbonyl (C=O) groups is 2. The highest BCUT2D eigenvalue weighted by molar-refractivity contribution is 8.22. The van der Waals surface area contributed by atoms with Gasteiger partial charge in [-0.25, -0.2) is 0 Å². The van der Waals surface area contributed by atoms with Crippen LogP contribution in [-0.4, -0.2) is 23.1 Å². The third-order valence-electron chi connectivity index (χ3n) is 1.48. The Hall–Kier alpha value is -0.220. The van der Waals surface area contributed by atoms with Crippen LogP contribution in [-0.2, 0) is 9.59 Å². The standard InChI is InChI=1S/C9H12O2S2/c1-7(10)5-8(11)6-9-12-3-2-4-13-9/h6H,2-5H2,1H3. The fourth-order valence-corrected chi connectivity index (χ4v) is 3.38. The molecule has 1 aliphatic heterocycles. The minimum atomic E-state index is -0.0654. The minimum Gasteiger partial charge on any atom is -0.300 e. The molecule has 0 aromatic carbocycles. The van der Waals surface area contributed by atoms with Crippen molar-refractivity contribution in [3.8, 4) is 0 Å². The molecule has 0 aromatic rings. The van der Waals surface area contributed by atoms with Gasteiger partial charge in [-0.15, -0.1) is 23.5 Å². The van der Waals surface area contributed by atoms with E-state index in [0.717, 1.165) is 15.7 Å². The summed E-state index contributed by atoms with van der Waals surface area (Å²) in [5.74, 6) is 2.05. The summed E-state index contributed by atoms with van der Waals surface area (Å²) in [6.07, 6.45) is 2.86. The van der Waals surface area contributed by atoms with Crippen molar-refractivity contribution in [2.45, 2.75) is 19.8 Å². The molecule has 1 saturated heterocycles. The number of hydrogen-bond donors (Lipinski definition) is 0. The molecule has 0 amide bonds. The third kappa shape index (κ3) is 4.52. The summed E-state index contributed by atoms with van der Waals surface area (Å²) in [6, 6.07) is 0. The van der Waals surface area contributed by atoms with Gasteiger partial charge in [0.2, 0.25) is 0 Å². The number of carbonyl (C=O) groups excluding carboxylic acids is 2. The van der Waals surface area contributed by atoms with Gasteiger partial charge in [-0.2, -0.15) is 0 Å². The fourth-order valence-electron chi connectivity index (χ4n) is 0.957. The van der Waals surface area contributed by atoms with Crippen LogP contribution in [0.25, 0.3) is 0 Å². The number of ketones is 2. The van der Waals surface area contributed by atoms with E-state index in [9.17, 15) is 9.59 Å². The van der Waals surface area contributed by atoms with Gasteiger partial charge in [-0.3, -0.25) is 9.59 Å². The SMILES string of the molecule is CC(=O)CC(=O)C=C1SCCCS1. The number of hydrogen-bond acceptors (Lipinski definition) is 4. The lowest BCUT2D eigenvalue weighted by Gasteiger charge is -2.11. The monoisotopic (exact) mass is 216 g/mol. The zero-order valence-electron chi connectivity index (χ0n) is 7.54. The van der Waals surface area contributed by atoms with Crippen LogP contribution < -0.4 is 0 Å². The lowest BCUT2D eigenvalue weighted by Crippen LogP contribution is -2.02. The van der Waals surface area contributed by atoms with E-state index in [1.165, 1.54) is 13.3 Å². The van der Waals surface area contributed by atoms with E-state index in [1.807, 2.05) is 0 Å². The van der Waals surface area contributed by atoms with Crippen molar-refractivity contribution in [1.29, 1.82) is 0 Å². The second-order valence-corrected chi connectivity index (χ2v) is 5.39. The molecule has 2 nitrogen and oxygen atoms in total. The Balaban J connectivity index is 2.43. The molecule has 0 saturated carbocycles. The Morgan fingerprint density at radius 1 is 1.38 bits per heavy atom. The van der Waals surface area contributed by atoms with Gasteiger partial charge in [0.15, 0.2) is 5.78 Å². The highest BCUT2D eigenvalue weighted by atomic mass is 32.2.